The number of carbonyl (C=O) groups excluding carboxylic acids is 3. The van der Waals surface area contributed by atoms with Gasteiger partial charge < -0.3 is 15.1 Å². The van der Waals surface area contributed by atoms with Crippen molar-refractivity contribution in [3.63, 3.8) is 0 Å². The Morgan fingerprint density at radius 2 is 1.57 bits per heavy atom. The van der Waals surface area contributed by atoms with Crippen LogP contribution in [-0.2, 0) is 20.8 Å². The van der Waals surface area contributed by atoms with E-state index in [2.05, 4.69) is 50.4 Å². The van der Waals surface area contributed by atoms with Gasteiger partial charge >= 0.3 is 0 Å². The van der Waals surface area contributed by atoms with Crippen LogP contribution < -0.4 is 5.32 Å². The van der Waals surface area contributed by atoms with Crippen molar-refractivity contribution in [2.75, 3.05) is 26.2 Å². The zero-order chi connectivity index (χ0) is 22.1. The number of rotatable bonds is 9. The summed E-state index contributed by atoms with van der Waals surface area (Å²) in [4.78, 5) is 39.9. The second kappa shape index (κ2) is 11.7. The summed E-state index contributed by atoms with van der Waals surface area (Å²) in [5, 5.41) is 3.11. The van der Waals surface area contributed by atoms with E-state index in [0.717, 1.165) is 12.0 Å². The molecule has 1 heterocycles. The number of hydrogen-bond acceptors (Lipinski definition) is 3. The van der Waals surface area contributed by atoms with Gasteiger partial charge in [-0.15, -0.1) is 0 Å². The third-order valence-corrected chi connectivity index (χ3v) is 5.78. The van der Waals surface area contributed by atoms with Gasteiger partial charge in [0.15, 0.2) is 0 Å². The fourth-order valence-electron chi connectivity index (χ4n) is 3.80. The SMILES string of the molecule is CCCCc1ccc([C@H](NC(=O)CCC(=O)N2CCN(C(C)=O)CC2)C(C)C)cc1. The van der Waals surface area contributed by atoms with E-state index in [9.17, 15) is 14.4 Å². The van der Waals surface area contributed by atoms with Crippen LogP contribution in [0.4, 0.5) is 0 Å². The summed E-state index contributed by atoms with van der Waals surface area (Å²) >= 11 is 0. The van der Waals surface area contributed by atoms with Gasteiger partial charge in [0.05, 0.1) is 6.04 Å². The van der Waals surface area contributed by atoms with E-state index in [1.165, 1.54) is 18.4 Å². The van der Waals surface area contributed by atoms with E-state index >= 15 is 0 Å². The molecule has 0 radical (unpaired) electrons. The maximum absolute atomic E-state index is 12.5. The van der Waals surface area contributed by atoms with Crippen LogP contribution in [0.1, 0.15) is 70.5 Å². The molecule has 1 N–H and O–H groups in total. The largest absolute Gasteiger partial charge is 0.349 e. The van der Waals surface area contributed by atoms with E-state index in [4.69, 9.17) is 0 Å². The molecule has 1 aromatic rings. The molecule has 6 heteroatoms. The highest BCUT2D eigenvalue weighted by Crippen LogP contribution is 2.23. The summed E-state index contributed by atoms with van der Waals surface area (Å²) in [6.45, 7) is 10.1. The predicted molar refractivity (Wildman–Crippen MR) is 119 cm³/mol. The predicted octanol–water partition coefficient (Wildman–Crippen LogP) is 3.31. The lowest BCUT2D eigenvalue weighted by molar-refractivity contribution is -0.139. The molecule has 0 spiro atoms. The highest BCUT2D eigenvalue weighted by Gasteiger charge is 2.23. The molecule has 0 unspecified atom stereocenters. The van der Waals surface area contributed by atoms with E-state index in [1.54, 1.807) is 16.7 Å². The minimum Gasteiger partial charge on any atom is -0.349 e. The molecule has 30 heavy (non-hydrogen) atoms. The number of benzene rings is 1. The Balaban J connectivity index is 1.84. The molecule has 1 aromatic carbocycles. The van der Waals surface area contributed by atoms with Crippen molar-refractivity contribution >= 4 is 17.7 Å². The Labute approximate surface area is 181 Å². The van der Waals surface area contributed by atoms with Gasteiger partial charge in [0.1, 0.15) is 0 Å². The van der Waals surface area contributed by atoms with Crippen LogP contribution in [0.3, 0.4) is 0 Å². The van der Waals surface area contributed by atoms with Crippen molar-refractivity contribution in [2.24, 2.45) is 5.92 Å². The molecule has 0 saturated carbocycles. The monoisotopic (exact) mass is 415 g/mol. The molecule has 1 fully saturated rings. The van der Waals surface area contributed by atoms with Gasteiger partial charge in [0.25, 0.3) is 0 Å². The molecule has 0 bridgehead atoms. The van der Waals surface area contributed by atoms with Gasteiger partial charge in [-0.25, -0.2) is 0 Å². The molecule has 1 saturated heterocycles. The zero-order valence-electron chi connectivity index (χ0n) is 18.9. The molecule has 6 nitrogen and oxygen atoms in total. The topological polar surface area (TPSA) is 69.7 Å². The summed E-state index contributed by atoms with van der Waals surface area (Å²) < 4.78 is 0. The van der Waals surface area contributed by atoms with Crippen LogP contribution in [0.15, 0.2) is 24.3 Å². The lowest BCUT2D eigenvalue weighted by atomic mass is 9.94. The molecule has 1 atom stereocenters. The quantitative estimate of drug-likeness (QED) is 0.673. The van der Waals surface area contributed by atoms with E-state index in [0.29, 0.717) is 26.2 Å². The average molecular weight is 416 g/mol. The van der Waals surface area contributed by atoms with Crippen LogP contribution in [0.25, 0.3) is 0 Å². The van der Waals surface area contributed by atoms with Crippen molar-refractivity contribution in [1.29, 1.82) is 0 Å². The second-order valence-corrected chi connectivity index (χ2v) is 8.52. The number of amides is 3. The van der Waals surface area contributed by atoms with Crippen LogP contribution in [0, 0.1) is 5.92 Å². The van der Waals surface area contributed by atoms with Crippen LogP contribution in [-0.4, -0.2) is 53.7 Å². The van der Waals surface area contributed by atoms with Crippen molar-refractivity contribution in [3.8, 4) is 0 Å². The normalized spacial score (nSPS) is 15.2. The molecule has 1 aliphatic heterocycles. The number of unbranched alkanes of at least 4 members (excludes halogenated alkanes) is 1. The van der Waals surface area contributed by atoms with Crippen LogP contribution in [0.5, 0.6) is 0 Å². The van der Waals surface area contributed by atoms with Crippen LogP contribution >= 0.6 is 0 Å². The van der Waals surface area contributed by atoms with Crippen molar-refractivity contribution in [3.05, 3.63) is 35.4 Å². The first-order chi connectivity index (χ1) is 14.3. The first-order valence-electron chi connectivity index (χ1n) is 11.2. The van der Waals surface area contributed by atoms with Gasteiger partial charge in [-0.1, -0.05) is 51.5 Å². The number of piperazine rings is 1. The van der Waals surface area contributed by atoms with Gasteiger partial charge in [0, 0.05) is 45.9 Å². The molecule has 0 aliphatic carbocycles. The maximum atomic E-state index is 12.5. The number of carbonyl (C=O) groups is 3. The Morgan fingerprint density at radius 3 is 2.10 bits per heavy atom. The Hall–Kier alpha value is -2.37. The third-order valence-electron chi connectivity index (χ3n) is 5.78. The molecular weight excluding hydrogens is 378 g/mol. The van der Waals surface area contributed by atoms with Crippen molar-refractivity contribution in [1.82, 2.24) is 15.1 Å². The highest BCUT2D eigenvalue weighted by molar-refractivity contribution is 5.84. The summed E-state index contributed by atoms with van der Waals surface area (Å²) in [6.07, 6.45) is 3.83. The minimum absolute atomic E-state index is 0.0188. The second-order valence-electron chi connectivity index (χ2n) is 8.52. The molecular formula is C24H37N3O3. The lowest BCUT2D eigenvalue weighted by Gasteiger charge is -2.34. The minimum atomic E-state index is -0.0977. The summed E-state index contributed by atoms with van der Waals surface area (Å²) in [5.74, 6) is 0.180. The Kier molecular flexibility index (Phi) is 9.34. The third kappa shape index (κ3) is 7.15. The summed E-state index contributed by atoms with van der Waals surface area (Å²) in [5.41, 5.74) is 2.43. The van der Waals surface area contributed by atoms with Crippen LogP contribution in [0.2, 0.25) is 0 Å². The summed E-state index contributed by atoms with van der Waals surface area (Å²) in [6, 6.07) is 8.45. The smallest absolute Gasteiger partial charge is 0.223 e. The van der Waals surface area contributed by atoms with E-state index in [-0.39, 0.29) is 42.5 Å². The van der Waals surface area contributed by atoms with Crippen molar-refractivity contribution < 1.29 is 14.4 Å². The van der Waals surface area contributed by atoms with E-state index < -0.39 is 0 Å². The summed E-state index contributed by atoms with van der Waals surface area (Å²) in [7, 11) is 0. The van der Waals surface area contributed by atoms with Crippen molar-refractivity contribution in [2.45, 2.75) is 65.8 Å². The zero-order valence-corrected chi connectivity index (χ0v) is 18.9. The standard InChI is InChI=1S/C24H37N3O3/c1-5-6-7-20-8-10-21(11-9-20)24(18(2)3)25-22(29)12-13-23(30)27-16-14-26(15-17-27)19(4)28/h8-11,18,24H,5-7,12-17H2,1-4H3,(H,25,29)/t24-/m1/s1. The molecule has 1 aliphatic rings. The first-order valence-corrected chi connectivity index (χ1v) is 11.2. The molecule has 3 amide bonds. The number of aryl methyl sites for hydroxylation is 1. The number of nitrogens with one attached hydrogen (secondary N) is 1. The fraction of sp³-hybridized carbons (Fsp3) is 0.625. The molecule has 166 valence electrons. The molecule has 2 rings (SSSR count). The number of hydrogen-bond donors (Lipinski definition) is 1. The first kappa shape index (κ1) is 23.9. The Morgan fingerprint density at radius 1 is 0.967 bits per heavy atom. The maximum Gasteiger partial charge on any atom is 0.223 e. The van der Waals surface area contributed by atoms with Gasteiger partial charge in [-0.05, 0) is 29.9 Å². The van der Waals surface area contributed by atoms with E-state index in [1.807, 2.05) is 0 Å². The number of nitrogens with zero attached hydrogens (tertiary/aromatic N) is 2. The highest BCUT2D eigenvalue weighted by atomic mass is 16.2. The Bertz CT molecular complexity index is 707. The van der Waals surface area contributed by atoms with Gasteiger partial charge in [-0.3, -0.25) is 14.4 Å². The molecule has 0 aromatic heterocycles. The van der Waals surface area contributed by atoms with Gasteiger partial charge in [0.2, 0.25) is 17.7 Å². The fourth-order valence-corrected chi connectivity index (χ4v) is 3.80. The average Bonchev–Trinajstić information content (AvgIpc) is 2.74. The lowest BCUT2D eigenvalue weighted by Crippen LogP contribution is -2.50. The van der Waals surface area contributed by atoms with Gasteiger partial charge in [-0.2, -0.15) is 0 Å².